The van der Waals surface area contributed by atoms with Crippen LogP contribution in [0.4, 0.5) is 0 Å². The highest BCUT2D eigenvalue weighted by atomic mass is 32.2. The third-order valence-corrected chi connectivity index (χ3v) is 7.30. The smallest absolute Gasteiger partial charge is 0.178 e. The van der Waals surface area contributed by atoms with Crippen LogP contribution in [0.25, 0.3) is 28.0 Å². The molecule has 0 amide bonds. The SMILES string of the molecule is CCc1nn(-c2ccc(-c3cc(C(C)(C)N)ccn3)cn2)c2cc(S(=O)(=O)CC)ccc12. The van der Waals surface area contributed by atoms with Crippen LogP contribution < -0.4 is 5.73 Å². The van der Waals surface area contributed by atoms with Gasteiger partial charge < -0.3 is 5.73 Å². The maximum atomic E-state index is 12.4. The van der Waals surface area contributed by atoms with Crippen LogP contribution in [0.1, 0.15) is 39.0 Å². The molecule has 0 fully saturated rings. The Morgan fingerprint density at radius 2 is 1.81 bits per heavy atom. The molecule has 4 aromatic rings. The maximum Gasteiger partial charge on any atom is 0.178 e. The van der Waals surface area contributed by atoms with Crippen molar-refractivity contribution < 1.29 is 8.42 Å². The summed E-state index contributed by atoms with van der Waals surface area (Å²) in [5, 5.41) is 5.63. The molecule has 3 aromatic heterocycles. The van der Waals surface area contributed by atoms with Gasteiger partial charge in [-0.3, -0.25) is 4.98 Å². The second-order valence-corrected chi connectivity index (χ2v) is 10.6. The van der Waals surface area contributed by atoms with Gasteiger partial charge in [-0.2, -0.15) is 5.10 Å². The minimum Gasteiger partial charge on any atom is -0.322 e. The summed E-state index contributed by atoms with van der Waals surface area (Å²) in [6.07, 6.45) is 4.22. The van der Waals surface area contributed by atoms with E-state index in [1.54, 1.807) is 36.1 Å². The van der Waals surface area contributed by atoms with E-state index >= 15 is 0 Å². The Hall–Kier alpha value is -3.10. The van der Waals surface area contributed by atoms with Gasteiger partial charge in [0.2, 0.25) is 0 Å². The van der Waals surface area contributed by atoms with Crippen LogP contribution in [-0.4, -0.2) is 33.9 Å². The van der Waals surface area contributed by atoms with Gasteiger partial charge in [-0.15, -0.1) is 0 Å². The fourth-order valence-corrected chi connectivity index (χ4v) is 4.51. The molecule has 0 unspecified atom stereocenters. The number of aromatic nitrogens is 4. The molecular formula is C24H27N5O2S. The third-order valence-electron chi connectivity index (χ3n) is 5.57. The lowest BCUT2D eigenvalue weighted by Gasteiger charge is -2.19. The van der Waals surface area contributed by atoms with Crippen LogP contribution in [0.15, 0.2) is 59.8 Å². The Balaban J connectivity index is 1.79. The highest BCUT2D eigenvalue weighted by molar-refractivity contribution is 7.91. The quantitative estimate of drug-likeness (QED) is 0.477. The first-order valence-corrected chi connectivity index (χ1v) is 12.3. The van der Waals surface area contributed by atoms with Gasteiger partial charge in [0.05, 0.1) is 27.6 Å². The van der Waals surface area contributed by atoms with Gasteiger partial charge in [0.15, 0.2) is 15.7 Å². The summed E-state index contributed by atoms with van der Waals surface area (Å²) in [5.74, 6) is 0.658. The average molecular weight is 450 g/mol. The molecule has 0 spiro atoms. The highest BCUT2D eigenvalue weighted by Gasteiger charge is 2.18. The van der Waals surface area contributed by atoms with E-state index in [2.05, 4.69) is 9.97 Å². The molecule has 0 atom stereocenters. The molecule has 0 aliphatic carbocycles. The van der Waals surface area contributed by atoms with Crippen LogP contribution in [0.2, 0.25) is 0 Å². The Morgan fingerprint density at radius 1 is 1.03 bits per heavy atom. The molecule has 0 aliphatic rings. The van der Waals surface area contributed by atoms with Gasteiger partial charge in [-0.25, -0.2) is 18.1 Å². The Bertz CT molecular complexity index is 1380. The van der Waals surface area contributed by atoms with E-state index in [9.17, 15) is 8.42 Å². The third kappa shape index (κ3) is 4.03. The van der Waals surface area contributed by atoms with Gasteiger partial charge >= 0.3 is 0 Å². The summed E-state index contributed by atoms with van der Waals surface area (Å²) in [7, 11) is -3.33. The van der Waals surface area contributed by atoms with Gasteiger partial charge in [0.1, 0.15) is 0 Å². The zero-order valence-electron chi connectivity index (χ0n) is 18.7. The van der Waals surface area contributed by atoms with Crippen molar-refractivity contribution in [2.75, 3.05) is 5.75 Å². The van der Waals surface area contributed by atoms with E-state index in [1.165, 1.54) is 0 Å². The lowest BCUT2D eigenvalue weighted by molar-refractivity contribution is 0.554. The Kier molecular flexibility index (Phi) is 5.60. The lowest BCUT2D eigenvalue weighted by atomic mass is 9.95. The summed E-state index contributed by atoms with van der Waals surface area (Å²) < 4.78 is 26.5. The number of pyridine rings is 2. The number of sulfone groups is 1. The van der Waals surface area contributed by atoms with Crippen LogP contribution in [-0.2, 0) is 21.8 Å². The molecule has 2 N–H and O–H groups in total. The van der Waals surface area contributed by atoms with Crippen LogP contribution >= 0.6 is 0 Å². The Morgan fingerprint density at radius 3 is 2.44 bits per heavy atom. The number of nitrogens with two attached hydrogens (primary N) is 1. The molecular weight excluding hydrogens is 422 g/mol. The number of aryl methyl sites for hydroxylation is 1. The molecule has 0 saturated heterocycles. The fourth-order valence-electron chi connectivity index (χ4n) is 3.61. The first kappa shape index (κ1) is 22.1. The van der Waals surface area contributed by atoms with Crippen molar-refractivity contribution in [3.63, 3.8) is 0 Å². The molecule has 8 heteroatoms. The molecule has 0 bridgehead atoms. The lowest BCUT2D eigenvalue weighted by Crippen LogP contribution is -2.28. The van der Waals surface area contributed by atoms with Crippen LogP contribution in [0.5, 0.6) is 0 Å². The molecule has 0 saturated carbocycles. The van der Waals surface area contributed by atoms with Crippen molar-refractivity contribution in [2.45, 2.75) is 44.6 Å². The zero-order valence-corrected chi connectivity index (χ0v) is 19.5. The number of benzene rings is 1. The van der Waals surface area contributed by atoms with E-state index in [-0.39, 0.29) is 5.75 Å². The number of hydrogen-bond donors (Lipinski definition) is 1. The highest BCUT2D eigenvalue weighted by Crippen LogP contribution is 2.27. The van der Waals surface area contributed by atoms with Gasteiger partial charge in [0.25, 0.3) is 0 Å². The molecule has 7 nitrogen and oxygen atoms in total. The first-order valence-electron chi connectivity index (χ1n) is 10.6. The monoisotopic (exact) mass is 449 g/mol. The first-order chi connectivity index (χ1) is 15.1. The summed E-state index contributed by atoms with van der Waals surface area (Å²) in [6.45, 7) is 7.57. The van der Waals surface area contributed by atoms with E-state index in [0.717, 1.165) is 39.8 Å². The van der Waals surface area contributed by atoms with Crippen molar-refractivity contribution in [1.29, 1.82) is 0 Å². The van der Waals surface area contributed by atoms with Gasteiger partial charge in [-0.05, 0) is 68.3 Å². The number of rotatable bonds is 6. The molecule has 0 aliphatic heterocycles. The number of nitrogens with zero attached hydrogens (tertiary/aromatic N) is 4. The van der Waals surface area contributed by atoms with E-state index in [0.29, 0.717) is 10.7 Å². The minimum absolute atomic E-state index is 0.0475. The minimum atomic E-state index is -3.33. The van der Waals surface area contributed by atoms with Crippen molar-refractivity contribution >= 4 is 20.7 Å². The predicted molar refractivity (Wildman–Crippen MR) is 126 cm³/mol. The largest absolute Gasteiger partial charge is 0.322 e. The van der Waals surface area contributed by atoms with E-state index in [1.807, 2.05) is 51.1 Å². The summed E-state index contributed by atoms with van der Waals surface area (Å²) >= 11 is 0. The molecule has 3 heterocycles. The summed E-state index contributed by atoms with van der Waals surface area (Å²) in [5.41, 5.74) is 10.0. The second kappa shape index (κ2) is 8.11. The van der Waals surface area contributed by atoms with E-state index in [4.69, 9.17) is 10.8 Å². The summed E-state index contributed by atoms with van der Waals surface area (Å²) in [6, 6.07) is 12.9. The number of hydrogen-bond acceptors (Lipinski definition) is 6. The molecule has 4 rings (SSSR count). The maximum absolute atomic E-state index is 12.4. The molecule has 32 heavy (non-hydrogen) atoms. The van der Waals surface area contributed by atoms with E-state index < -0.39 is 15.4 Å². The van der Waals surface area contributed by atoms with Crippen molar-refractivity contribution in [1.82, 2.24) is 19.7 Å². The second-order valence-electron chi connectivity index (χ2n) is 8.35. The number of fused-ring (bicyclic) bond motifs is 1. The van der Waals surface area contributed by atoms with Crippen molar-refractivity contribution in [3.8, 4) is 17.1 Å². The standard InChI is InChI=1S/C24H27N5O2S/c1-5-20-19-9-8-18(32(30,31)6-2)14-22(19)29(28-20)23-10-7-16(15-27-23)21-13-17(11-12-26-21)24(3,4)25/h7-15H,5-6,25H2,1-4H3. The van der Waals surface area contributed by atoms with Crippen molar-refractivity contribution in [2.24, 2.45) is 5.73 Å². The average Bonchev–Trinajstić information content (AvgIpc) is 3.17. The van der Waals surface area contributed by atoms with Gasteiger partial charge in [0, 0.05) is 28.9 Å². The predicted octanol–water partition coefficient (Wildman–Crippen LogP) is 4.03. The van der Waals surface area contributed by atoms with Crippen LogP contribution in [0, 0.1) is 0 Å². The summed E-state index contributed by atoms with van der Waals surface area (Å²) in [4.78, 5) is 9.35. The zero-order chi connectivity index (χ0) is 23.1. The normalized spacial score (nSPS) is 12.4. The molecule has 166 valence electrons. The van der Waals surface area contributed by atoms with Crippen LogP contribution in [0.3, 0.4) is 0 Å². The van der Waals surface area contributed by atoms with Gasteiger partial charge in [-0.1, -0.05) is 13.8 Å². The Labute approximate surface area is 188 Å². The fraction of sp³-hybridized carbons (Fsp3) is 0.292. The molecule has 0 radical (unpaired) electrons. The molecule has 1 aromatic carbocycles. The topological polar surface area (TPSA) is 104 Å². The van der Waals surface area contributed by atoms with Crippen molar-refractivity contribution in [3.05, 3.63) is 66.1 Å².